The average molecular weight is 339 g/mol. The van der Waals surface area contributed by atoms with Crippen LogP contribution in [0.25, 0.3) is 0 Å². The van der Waals surface area contributed by atoms with Gasteiger partial charge in [-0.3, -0.25) is 4.79 Å². The van der Waals surface area contributed by atoms with Gasteiger partial charge in [-0.2, -0.15) is 0 Å². The van der Waals surface area contributed by atoms with E-state index in [2.05, 4.69) is 26.2 Å². The zero-order valence-electron chi connectivity index (χ0n) is 11.5. The van der Waals surface area contributed by atoms with Gasteiger partial charge < -0.3 is 10.1 Å². The van der Waals surface area contributed by atoms with Crippen molar-refractivity contribution in [1.82, 2.24) is 10.3 Å². The molecule has 2 heterocycles. The van der Waals surface area contributed by atoms with Gasteiger partial charge in [0.15, 0.2) is 0 Å². The quantitative estimate of drug-likeness (QED) is 0.901. The third kappa shape index (κ3) is 3.04. The SMILES string of the molecule is O=C(NC1CCOCC1)c1cc(Br)c2c(n1)CCCC2. The Morgan fingerprint density at radius 3 is 2.85 bits per heavy atom. The number of fused-ring (bicyclic) bond motifs is 1. The minimum Gasteiger partial charge on any atom is -0.381 e. The Morgan fingerprint density at radius 1 is 1.30 bits per heavy atom. The highest BCUT2D eigenvalue weighted by atomic mass is 79.9. The summed E-state index contributed by atoms with van der Waals surface area (Å²) in [5.74, 6) is -0.0639. The zero-order chi connectivity index (χ0) is 13.9. The lowest BCUT2D eigenvalue weighted by molar-refractivity contribution is 0.0694. The number of ether oxygens (including phenoxy) is 1. The van der Waals surface area contributed by atoms with Gasteiger partial charge in [0.05, 0.1) is 0 Å². The third-order valence-corrected chi connectivity index (χ3v) is 4.74. The molecule has 1 aromatic heterocycles. The van der Waals surface area contributed by atoms with Crippen LogP contribution in [0.1, 0.15) is 47.4 Å². The first-order valence-corrected chi connectivity index (χ1v) is 8.10. The van der Waals surface area contributed by atoms with E-state index in [-0.39, 0.29) is 11.9 Å². The van der Waals surface area contributed by atoms with Crippen LogP contribution in [0.5, 0.6) is 0 Å². The second-order valence-corrected chi connectivity index (χ2v) is 6.34. The predicted octanol–water partition coefficient (Wildman–Crippen LogP) is 2.63. The monoisotopic (exact) mass is 338 g/mol. The van der Waals surface area contributed by atoms with Crippen LogP contribution >= 0.6 is 15.9 Å². The van der Waals surface area contributed by atoms with Crippen molar-refractivity contribution in [1.29, 1.82) is 0 Å². The van der Waals surface area contributed by atoms with E-state index in [1.54, 1.807) is 0 Å². The lowest BCUT2D eigenvalue weighted by atomic mass is 9.96. The molecule has 1 aliphatic carbocycles. The molecule has 0 bridgehead atoms. The topological polar surface area (TPSA) is 51.2 Å². The van der Waals surface area contributed by atoms with Crippen LogP contribution in [-0.4, -0.2) is 30.1 Å². The molecule has 0 spiro atoms. The van der Waals surface area contributed by atoms with Crippen LogP contribution in [0.15, 0.2) is 10.5 Å². The van der Waals surface area contributed by atoms with Crippen LogP contribution in [0.2, 0.25) is 0 Å². The molecule has 1 N–H and O–H groups in total. The first-order chi connectivity index (χ1) is 9.74. The highest BCUT2D eigenvalue weighted by Crippen LogP contribution is 2.27. The first-order valence-electron chi connectivity index (χ1n) is 7.31. The van der Waals surface area contributed by atoms with Gasteiger partial charge in [-0.25, -0.2) is 4.98 Å². The van der Waals surface area contributed by atoms with E-state index in [0.29, 0.717) is 5.69 Å². The predicted molar refractivity (Wildman–Crippen MR) is 79.9 cm³/mol. The van der Waals surface area contributed by atoms with Gasteiger partial charge in [0.1, 0.15) is 5.69 Å². The van der Waals surface area contributed by atoms with Crippen LogP contribution < -0.4 is 5.32 Å². The van der Waals surface area contributed by atoms with Gasteiger partial charge in [0.25, 0.3) is 5.91 Å². The summed E-state index contributed by atoms with van der Waals surface area (Å²) in [5.41, 5.74) is 2.89. The molecule has 20 heavy (non-hydrogen) atoms. The summed E-state index contributed by atoms with van der Waals surface area (Å²) < 4.78 is 6.33. The van der Waals surface area contributed by atoms with E-state index in [4.69, 9.17) is 4.74 Å². The molecule has 1 aromatic rings. The molecular formula is C15H19BrN2O2. The van der Waals surface area contributed by atoms with E-state index in [1.807, 2.05) is 6.07 Å². The maximum absolute atomic E-state index is 12.3. The lowest BCUT2D eigenvalue weighted by Crippen LogP contribution is -2.39. The number of carbonyl (C=O) groups excluding carboxylic acids is 1. The summed E-state index contributed by atoms with van der Waals surface area (Å²) in [6.07, 6.45) is 6.19. The second-order valence-electron chi connectivity index (χ2n) is 5.48. The van der Waals surface area contributed by atoms with E-state index in [9.17, 15) is 4.79 Å². The summed E-state index contributed by atoms with van der Waals surface area (Å²) in [4.78, 5) is 16.9. The lowest BCUT2D eigenvalue weighted by Gasteiger charge is -2.23. The minimum atomic E-state index is -0.0639. The van der Waals surface area contributed by atoms with E-state index >= 15 is 0 Å². The summed E-state index contributed by atoms with van der Waals surface area (Å²) in [7, 11) is 0. The van der Waals surface area contributed by atoms with Gasteiger partial charge in [-0.15, -0.1) is 0 Å². The van der Waals surface area contributed by atoms with Crippen LogP contribution in [-0.2, 0) is 17.6 Å². The Hall–Kier alpha value is -0.940. The first kappa shape index (κ1) is 14.0. The number of aryl methyl sites for hydroxylation is 1. The third-order valence-electron chi connectivity index (χ3n) is 4.04. The normalized spacial score (nSPS) is 19.4. The average Bonchev–Trinajstić information content (AvgIpc) is 2.48. The van der Waals surface area contributed by atoms with Crippen molar-refractivity contribution < 1.29 is 9.53 Å². The van der Waals surface area contributed by atoms with Crippen molar-refractivity contribution in [3.8, 4) is 0 Å². The van der Waals surface area contributed by atoms with Crippen molar-refractivity contribution in [3.05, 3.63) is 27.5 Å². The summed E-state index contributed by atoms with van der Waals surface area (Å²) >= 11 is 3.59. The van der Waals surface area contributed by atoms with Gasteiger partial charge in [-0.05, 0) is 50.2 Å². The van der Waals surface area contributed by atoms with Crippen molar-refractivity contribution in [2.24, 2.45) is 0 Å². The Kier molecular flexibility index (Phi) is 4.36. The number of nitrogens with one attached hydrogen (secondary N) is 1. The Balaban J connectivity index is 1.75. The molecule has 2 aliphatic rings. The molecule has 4 nitrogen and oxygen atoms in total. The van der Waals surface area contributed by atoms with Crippen molar-refractivity contribution in [3.63, 3.8) is 0 Å². The molecule has 108 valence electrons. The van der Waals surface area contributed by atoms with Crippen LogP contribution in [0.4, 0.5) is 0 Å². The fraction of sp³-hybridized carbons (Fsp3) is 0.600. The van der Waals surface area contributed by atoms with Crippen LogP contribution in [0.3, 0.4) is 0 Å². The van der Waals surface area contributed by atoms with Gasteiger partial charge in [-0.1, -0.05) is 15.9 Å². The Labute approximate surface area is 127 Å². The standard InChI is InChI=1S/C15H19BrN2O2/c16-12-9-14(18-13-4-2-1-3-11(12)13)15(19)17-10-5-7-20-8-6-10/h9-10H,1-8H2,(H,17,19). The van der Waals surface area contributed by atoms with Crippen molar-refractivity contribution in [2.75, 3.05) is 13.2 Å². The van der Waals surface area contributed by atoms with Crippen molar-refractivity contribution in [2.45, 2.75) is 44.6 Å². The molecule has 5 heteroatoms. The van der Waals surface area contributed by atoms with E-state index in [0.717, 1.165) is 55.5 Å². The molecule has 0 unspecified atom stereocenters. The number of carbonyl (C=O) groups is 1. The summed E-state index contributed by atoms with van der Waals surface area (Å²) in [6, 6.07) is 2.08. The molecule has 0 radical (unpaired) electrons. The molecule has 1 aliphatic heterocycles. The van der Waals surface area contributed by atoms with Gasteiger partial charge in [0.2, 0.25) is 0 Å². The smallest absolute Gasteiger partial charge is 0.270 e. The second kappa shape index (κ2) is 6.22. The highest BCUT2D eigenvalue weighted by Gasteiger charge is 2.21. The van der Waals surface area contributed by atoms with Crippen molar-refractivity contribution >= 4 is 21.8 Å². The number of amides is 1. The maximum atomic E-state index is 12.3. The zero-order valence-corrected chi connectivity index (χ0v) is 13.0. The number of pyridine rings is 1. The maximum Gasteiger partial charge on any atom is 0.270 e. The fourth-order valence-electron chi connectivity index (χ4n) is 2.87. The number of nitrogens with zero attached hydrogens (tertiary/aromatic N) is 1. The number of rotatable bonds is 2. The Bertz CT molecular complexity index is 513. The number of hydrogen-bond donors (Lipinski definition) is 1. The molecular weight excluding hydrogens is 320 g/mol. The molecule has 0 saturated carbocycles. The number of hydrogen-bond acceptors (Lipinski definition) is 3. The molecule has 0 atom stereocenters. The fourth-order valence-corrected chi connectivity index (χ4v) is 3.52. The number of halogens is 1. The summed E-state index contributed by atoms with van der Waals surface area (Å²) in [5, 5.41) is 3.07. The highest BCUT2D eigenvalue weighted by molar-refractivity contribution is 9.10. The minimum absolute atomic E-state index is 0.0639. The molecule has 1 amide bonds. The number of aromatic nitrogens is 1. The molecule has 3 rings (SSSR count). The van der Waals surface area contributed by atoms with E-state index < -0.39 is 0 Å². The molecule has 1 saturated heterocycles. The largest absolute Gasteiger partial charge is 0.381 e. The molecule has 0 aromatic carbocycles. The Morgan fingerprint density at radius 2 is 2.05 bits per heavy atom. The van der Waals surface area contributed by atoms with Gasteiger partial charge in [0, 0.05) is 29.4 Å². The molecule has 1 fully saturated rings. The van der Waals surface area contributed by atoms with Crippen LogP contribution in [0, 0.1) is 0 Å². The summed E-state index contributed by atoms with van der Waals surface area (Å²) in [6.45, 7) is 1.46. The van der Waals surface area contributed by atoms with E-state index in [1.165, 1.54) is 12.0 Å². The van der Waals surface area contributed by atoms with Gasteiger partial charge >= 0.3 is 0 Å².